The van der Waals surface area contributed by atoms with Crippen molar-refractivity contribution in [2.45, 2.75) is 50.0 Å². The first-order valence-electron chi connectivity index (χ1n) is 10.4. The molecule has 0 amide bonds. The van der Waals surface area contributed by atoms with Crippen molar-refractivity contribution in [2.75, 3.05) is 38.5 Å². The van der Waals surface area contributed by atoms with Gasteiger partial charge in [0.05, 0.1) is 17.3 Å². The van der Waals surface area contributed by atoms with Crippen LogP contribution in [0.5, 0.6) is 0 Å². The summed E-state index contributed by atoms with van der Waals surface area (Å²) in [4.78, 5) is 8.15. The van der Waals surface area contributed by atoms with Gasteiger partial charge in [0.2, 0.25) is 0 Å². The molecule has 5 nitrogen and oxygen atoms in total. The lowest BCUT2D eigenvalue weighted by molar-refractivity contribution is 0.275. The van der Waals surface area contributed by atoms with Crippen molar-refractivity contribution in [3.8, 4) is 0 Å². The van der Waals surface area contributed by atoms with Gasteiger partial charge in [-0.1, -0.05) is 31.0 Å². The number of hydrogen-bond acceptors (Lipinski definition) is 3. The van der Waals surface area contributed by atoms with E-state index in [1.165, 1.54) is 45.2 Å². The molecular weight excluding hydrogens is 483 g/mol. The third-order valence-corrected chi connectivity index (χ3v) is 6.85. The molecule has 2 fully saturated rings. The molecule has 1 heterocycles. The van der Waals surface area contributed by atoms with Crippen molar-refractivity contribution >= 4 is 40.7 Å². The summed E-state index contributed by atoms with van der Waals surface area (Å²) in [6, 6.07) is 10.1. The van der Waals surface area contributed by atoms with Crippen LogP contribution in [-0.4, -0.2) is 59.6 Å². The van der Waals surface area contributed by atoms with Gasteiger partial charge in [-0.2, -0.15) is 0 Å². The summed E-state index contributed by atoms with van der Waals surface area (Å²) < 4.78 is 12.3. The van der Waals surface area contributed by atoms with E-state index >= 15 is 0 Å². The van der Waals surface area contributed by atoms with Gasteiger partial charge < -0.3 is 15.5 Å². The van der Waals surface area contributed by atoms with Crippen molar-refractivity contribution in [1.82, 2.24) is 15.5 Å². The van der Waals surface area contributed by atoms with Crippen molar-refractivity contribution in [1.29, 1.82) is 0 Å². The zero-order chi connectivity index (χ0) is 18.9. The van der Waals surface area contributed by atoms with Gasteiger partial charge in [0.15, 0.2) is 5.96 Å². The van der Waals surface area contributed by atoms with Crippen LogP contribution in [0.15, 0.2) is 40.2 Å². The fourth-order valence-electron chi connectivity index (χ4n) is 4.12. The Morgan fingerprint density at radius 2 is 1.96 bits per heavy atom. The number of nitrogens with zero attached hydrogens (tertiary/aromatic N) is 2. The lowest BCUT2D eigenvalue weighted by Gasteiger charge is -2.21. The molecule has 28 heavy (non-hydrogen) atoms. The zero-order valence-corrected chi connectivity index (χ0v) is 20.1. The largest absolute Gasteiger partial charge is 0.357 e. The second kappa shape index (κ2) is 12.8. The minimum absolute atomic E-state index is 0. The predicted molar refractivity (Wildman–Crippen MR) is 129 cm³/mol. The minimum Gasteiger partial charge on any atom is -0.357 e. The number of guanidine groups is 1. The monoisotopic (exact) mass is 518 g/mol. The molecule has 1 aliphatic heterocycles. The van der Waals surface area contributed by atoms with E-state index in [1.807, 2.05) is 30.3 Å². The van der Waals surface area contributed by atoms with Gasteiger partial charge in [-0.05, 0) is 44.2 Å². The summed E-state index contributed by atoms with van der Waals surface area (Å²) in [5.41, 5.74) is 0. The maximum absolute atomic E-state index is 12.3. The first-order chi connectivity index (χ1) is 13.2. The molecule has 3 rings (SSSR count). The molecule has 1 saturated carbocycles. The maximum Gasteiger partial charge on any atom is 0.191 e. The van der Waals surface area contributed by atoms with Gasteiger partial charge in [-0.25, -0.2) is 0 Å². The van der Waals surface area contributed by atoms with Crippen LogP contribution in [0.25, 0.3) is 0 Å². The fourth-order valence-corrected chi connectivity index (χ4v) is 5.07. The van der Waals surface area contributed by atoms with E-state index < -0.39 is 10.8 Å². The smallest absolute Gasteiger partial charge is 0.191 e. The normalized spacial score (nSPS) is 22.0. The summed E-state index contributed by atoms with van der Waals surface area (Å²) >= 11 is 0. The van der Waals surface area contributed by atoms with Crippen LogP contribution in [0.4, 0.5) is 0 Å². The Kier molecular flexibility index (Phi) is 10.8. The molecule has 0 aromatic heterocycles. The summed E-state index contributed by atoms with van der Waals surface area (Å²) in [7, 11) is -0.987. The quantitative estimate of drug-likeness (QED) is 0.315. The summed E-state index contributed by atoms with van der Waals surface area (Å²) in [6.07, 6.45) is 6.84. The van der Waals surface area contributed by atoms with E-state index in [9.17, 15) is 4.21 Å². The number of halogens is 1. The molecule has 1 saturated heterocycles. The second-order valence-corrected chi connectivity index (χ2v) is 9.23. The molecule has 158 valence electrons. The first-order valence-corrected chi connectivity index (χ1v) is 11.8. The van der Waals surface area contributed by atoms with Crippen LogP contribution in [0, 0.1) is 5.92 Å². The van der Waals surface area contributed by atoms with Crippen molar-refractivity contribution in [3.63, 3.8) is 0 Å². The highest BCUT2D eigenvalue weighted by Crippen LogP contribution is 2.26. The minimum atomic E-state index is -0.987. The SMILES string of the molecule is CCNC(=NCCS(=O)c1ccccc1)NC1CCN(CC2CCCC2)C1.I. The van der Waals surface area contributed by atoms with Crippen molar-refractivity contribution < 1.29 is 4.21 Å². The topological polar surface area (TPSA) is 56.7 Å². The molecule has 0 spiro atoms. The van der Waals surface area contributed by atoms with Gasteiger partial charge in [0, 0.05) is 42.9 Å². The standard InChI is InChI=1S/C21H34N4OS.HI/c1-2-22-21(23-13-15-27(26)20-10-4-3-5-11-20)24-19-12-14-25(17-19)16-18-8-6-7-9-18;/h3-5,10-11,18-19H,2,6-9,12-17H2,1H3,(H2,22,23,24);1H. The lowest BCUT2D eigenvalue weighted by Crippen LogP contribution is -2.45. The number of rotatable bonds is 8. The van der Waals surface area contributed by atoms with Crippen LogP contribution >= 0.6 is 24.0 Å². The second-order valence-electron chi connectivity index (χ2n) is 7.66. The molecule has 1 aliphatic carbocycles. The Hall–Kier alpha value is -0.670. The molecule has 0 radical (unpaired) electrons. The Balaban J connectivity index is 0.00000280. The number of likely N-dealkylation sites (tertiary alicyclic amines) is 1. The number of benzene rings is 1. The van der Waals surface area contributed by atoms with Gasteiger partial charge in [-0.15, -0.1) is 24.0 Å². The highest BCUT2D eigenvalue weighted by molar-refractivity contribution is 14.0. The van der Waals surface area contributed by atoms with Gasteiger partial charge in [-0.3, -0.25) is 9.20 Å². The summed E-state index contributed by atoms with van der Waals surface area (Å²) in [6.45, 7) is 7.05. The van der Waals surface area contributed by atoms with Crippen molar-refractivity contribution in [3.05, 3.63) is 30.3 Å². The van der Waals surface area contributed by atoms with Gasteiger partial charge in [0.1, 0.15) is 0 Å². The van der Waals surface area contributed by atoms with Crippen LogP contribution in [0.1, 0.15) is 39.0 Å². The number of aliphatic imine (C=N–C) groups is 1. The Labute approximate surface area is 189 Å². The predicted octanol–water partition coefficient (Wildman–Crippen LogP) is 3.23. The van der Waals surface area contributed by atoms with E-state index in [1.54, 1.807) is 0 Å². The molecule has 2 aliphatic rings. The van der Waals surface area contributed by atoms with E-state index in [0.29, 0.717) is 18.3 Å². The Morgan fingerprint density at radius 1 is 1.21 bits per heavy atom. The van der Waals surface area contributed by atoms with Crippen LogP contribution in [-0.2, 0) is 10.8 Å². The third-order valence-electron chi connectivity index (χ3n) is 5.50. The average molecular weight is 519 g/mol. The van der Waals surface area contributed by atoms with Gasteiger partial charge >= 0.3 is 0 Å². The van der Waals surface area contributed by atoms with Crippen LogP contribution in [0.2, 0.25) is 0 Å². The lowest BCUT2D eigenvalue weighted by atomic mass is 10.1. The van der Waals surface area contributed by atoms with E-state index in [4.69, 9.17) is 0 Å². The number of nitrogens with one attached hydrogen (secondary N) is 2. The number of hydrogen-bond donors (Lipinski definition) is 2. The maximum atomic E-state index is 12.3. The summed E-state index contributed by atoms with van der Waals surface area (Å²) in [5, 5.41) is 6.92. The Morgan fingerprint density at radius 3 is 2.68 bits per heavy atom. The highest BCUT2D eigenvalue weighted by Gasteiger charge is 2.26. The molecule has 7 heteroatoms. The molecular formula is C21H35IN4OS. The molecule has 1 aromatic carbocycles. The highest BCUT2D eigenvalue weighted by atomic mass is 127. The van der Waals surface area contributed by atoms with E-state index in [-0.39, 0.29) is 24.0 Å². The molecule has 1 aromatic rings. The zero-order valence-electron chi connectivity index (χ0n) is 16.9. The molecule has 2 unspecified atom stereocenters. The molecule has 2 N–H and O–H groups in total. The molecule has 2 atom stereocenters. The van der Waals surface area contributed by atoms with Crippen LogP contribution < -0.4 is 10.6 Å². The van der Waals surface area contributed by atoms with Gasteiger partial charge in [0.25, 0.3) is 0 Å². The first kappa shape index (κ1) is 23.6. The summed E-state index contributed by atoms with van der Waals surface area (Å²) in [5.74, 6) is 2.33. The third kappa shape index (κ3) is 7.63. The fraction of sp³-hybridized carbons (Fsp3) is 0.667. The van der Waals surface area contributed by atoms with E-state index in [2.05, 4.69) is 27.4 Å². The van der Waals surface area contributed by atoms with Crippen LogP contribution in [0.3, 0.4) is 0 Å². The van der Waals surface area contributed by atoms with Crippen molar-refractivity contribution in [2.24, 2.45) is 10.9 Å². The Bertz CT molecular complexity index is 622. The average Bonchev–Trinajstić information content (AvgIpc) is 3.35. The molecule has 0 bridgehead atoms. The van der Waals surface area contributed by atoms with E-state index in [0.717, 1.165) is 29.9 Å².